The maximum absolute atomic E-state index is 12.7. The van der Waals surface area contributed by atoms with E-state index in [0.29, 0.717) is 6.54 Å². The van der Waals surface area contributed by atoms with Crippen LogP contribution in [0.25, 0.3) is 0 Å². The molecule has 2 aliphatic carbocycles. The Hall–Kier alpha value is -1.59. The Morgan fingerprint density at radius 1 is 1.20 bits per heavy atom. The number of amides is 2. The second-order valence-corrected chi connectivity index (χ2v) is 8.41. The first-order valence-corrected chi connectivity index (χ1v) is 9.72. The number of carboxylic acids is 1. The highest BCUT2D eigenvalue weighted by Gasteiger charge is 2.43. The van der Waals surface area contributed by atoms with Crippen molar-refractivity contribution in [1.82, 2.24) is 10.2 Å². The monoisotopic (exact) mass is 350 g/mol. The summed E-state index contributed by atoms with van der Waals surface area (Å²) in [5.41, 5.74) is -0.611. The number of nitrogens with zero attached hydrogens (tertiary/aromatic N) is 1. The summed E-state index contributed by atoms with van der Waals surface area (Å²) in [6, 6.07) is 0.279. The number of hydrogen-bond acceptors (Lipinski definition) is 3. The van der Waals surface area contributed by atoms with Gasteiger partial charge in [-0.15, -0.1) is 0 Å². The first-order chi connectivity index (χ1) is 11.9. The van der Waals surface area contributed by atoms with Crippen LogP contribution in [-0.2, 0) is 14.4 Å². The molecule has 3 rings (SSSR count). The first-order valence-electron chi connectivity index (χ1n) is 9.72. The Morgan fingerprint density at radius 2 is 1.84 bits per heavy atom. The number of carboxylic acid groups (broad SMARTS) is 1. The van der Waals surface area contributed by atoms with Gasteiger partial charge in [-0.3, -0.25) is 14.4 Å². The van der Waals surface area contributed by atoms with Gasteiger partial charge in [-0.1, -0.05) is 19.8 Å². The van der Waals surface area contributed by atoms with Crippen LogP contribution in [0.5, 0.6) is 0 Å². The summed E-state index contributed by atoms with van der Waals surface area (Å²) < 4.78 is 0. The lowest BCUT2D eigenvalue weighted by atomic mass is 9.86. The van der Waals surface area contributed by atoms with E-state index in [0.717, 1.165) is 57.3 Å². The van der Waals surface area contributed by atoms with Gasteiger partial charge < -0.3 is 15.3 Å². The van der Waals surface area contributed by atoms with Crippen LogP contribution in [0, 0.1) is 11.8 Å². The number of aliphatic carboxylic acids is 1. The van der Waals surface area contributed by atoms with Crippen molar-refractivity contribution in [1.29, 1.82) is 0 Å². The molecule has 3 aliphatic rings. The van der Waals surface area contributed by atoms with E-state index < -0.39 is 11.5 Å². The first kappa shape index (κ1) is 18.2. The van der Waals surface area contributed by atoms with Crippen molar-refractivity contribution in [3.8, 4) is 0 Å². The molecule has 140 valence electrons. The van der Waals surface area contributed by atoms with Crippen LogP contribution in [-0.4, -0.2) is 45.9 Å². The van der Waals surface area contributed by atoms with E-state index >= 15 is 0 Å². The summed E-state index contributed by atoms with van der Waals surface area (Å²) in [4.78, 5) is 38.2. The van der Waals surface area contributed by atoms with Crippen molar-refractivity contribution < 1.29 is 19.5 Å². The van der Waals surface area contributed by atoms with Crippen molar-refractivity contribution in [3.05, 3.63) is 0 Å². The molecule has 0 aromatic rings. The fourth-order valence-electron chi connectivity index (χ4n) is 4.86. The fourth-order valence-corrected chi connectivity index (χ4v) is 4.86. The van der Waals surface area contributed by atoms with Gasteiger partial charge >= 0.3 is 5.97 Å². The molecule has 1 unspecified atom stereocenters. The minimum Gasteiger partial charge on any atom is -0.481 e. The maximum Gasteiger partial charge on any atom is 0.305 e. The van der Waals surface area contributed by atoms with Crippen LogP contribution in [0.1, 0.15) is 71.1 Å². The second-order valence-electron chi connectivity index (χ2n) is 8.41. The maximum atomic E-state index is 12.7. The normalized spacial score (nSPS) is 32.0. The molecule has 2 amide bonds. The molecular weight excluding hydrogens is 320 g/mol. The van der Waals surface area contributed by atoms with Crippen molar-refractivity contribution in [2.24, 2.45) is 11.8 Å². The predicted molar refractivity (Wildman–Crippen MR) is 92.8 cm³/mol. The van der Waals surface area contributed by atoms with Gasteiger partial charge in [-0.25, -0.2) is 0 Å². The van der Waals surface area contributed by atoms with E-state index in [4.69, 9.17) is 0 Å². The molecule has 6 heteroatoms. The second kappa shape index (κ2) is 7.34. The average Bonchev–Trinajstić information content (AvgIpc) is 3.14. The lowest BCUT2D eigenvalue weighted by Crippen LogP contribution is -2.50. The fraction of sp³-hybridized carbons (Fsp3) is 0.842. The third kappa shape index (κ3) is 4.15. The van der Waals surface area contributed by atoms with Gasteiger partial charge in [0.15, 0.2) is 0 Å². The molecule has 1 atom stereocenters. The van der Waals surface area contributed by atoms with Crippen molar-refractivity contribution in [2.45, 2.75) is 82.7 Å². The number of hydrogen-bond donors (Lipinski definition) is 2. The van der Waals surface area contributed by atoms with E-state index in [1.807, 2.05) is 4.90 Å². The van der Waals surface area contributed by atoms with Gasteiger partial charge in [0.2, 0.25) is 11.8 Å². The molecule has 1 aliphatic heterocycles. The molecule has 1 heterocycles. The van der Waals surface area contributed by atoms with Crippen LogP contribution >= 0.6 is 0 Å². The lowest BCUT2D eigenvalue weighted by Gasteiger charge is -2.34. The molecule has 0 spiro atoms. The van der Waals surface area contributed by atoms with E-state index in [9.17, 15) is 19.5 Å². The van der Waals surface area contributed by atoms with Crippen molar-refractivity contribution in [2.75, 3.05) is 6.54 Å². The molecular formula is C19H30N2O4. The Labute approximate surface area is 149 Å². The van der Waals surface area contributed by atoms with Crippen LogP contribution < -0.4 is 5.32 Å². The minimum atomic E-state index is -0.873. The summed E-state index contributed by atoms with van der Waals surface area (Å²) in [7, 11) is 0. The Kier molecular flexibility index (Phi) is 5.35. The van der Waals surface area contributed by atoms with Crippen LogP contribution in [0.15, 0.2) is 0 Å². The summed E-state index contributed by atoms with van der Waals surface area (Å²) in [5, 5.41) is 12.2. The topological polar surface area (TPSA) is 86.7 Å². The van der Waals surface area contributed by atoms with Crippen molar-refractivity contribution >= 4 is 17.8 Å². The Balaban J connectivity index is 1.59. The quantitative estimate of drug-likeness (QED) is 0.797. The molecule has 1 saturated heterocycles. The van der Waals surface area contributed by atoms with Gasteiger partial charge in [0.25, 0.3) is 0 Å². The summed E-state index contributed by atoms with van der Waals surface area (Å²) >= 11 is 0. The Morgan fingerprint density at radius 3 is 2.44 bits per heavy atom. The number of rotatable bonds is 5. The van der Waals surface area contributed by atoms with Gasteiger partial charge in [0.05, 0.1) is 17.9 Å². The SMILES string of the molecule is CC1CCC(N2CC(C(=O)NC3(CC(=O)O)CCCC3)CC2=O)CC1. The van der Waals surface area contributed by atoms with E-state index in [1.165, 1.54) is 0 Å². The average molecular weight is 350 g/mol. The number of carbonyl (C=O) groups is 3. The standard InChI is InChI=1S/C19H30N2O4/c1-13-4-6-15(7-5-13)21-12-14(10-16(21)22)18(25)20-19(11-17(23)24)8-2-3-9-19/h13-15H,2-12H2,1H3,(H,20,25)(H,23,24). The van der Waals surface area contributed by atoms with Gasteiger partial charge in [0, 0.05) is 19.0 Å². The third-order valence-electron chi connectivity index (χ3n) is 6.39. The molecule has 0 aromatic carbocycles. The molecule has 3 fully saturated rings. The Bertz CT molecular complexity index is 534. The summed E-state index contributed by atoms with van der Waals surface area (Å²) in [6.07, 6.45) is 7.93. The van der Waals surface area contributed by atoms with Gasteiger partial charge in [-0.2, -0.15) is 0 Å². The summed E-state index contributed by atoms with van der Waals surface area (Å²) in [6.45, 7) is 2.74. The smallest absolute Gasteiger partial charge is 0.305 e. The van der Waals surface area contributed by atoms with Gasteiger partial charge in [-0.05, 0) is 44.4 Å². The number of nitrogens with one attached hydrogen (secondary N) is 1. The molecule has 0 radical (unpaired) electrons. The number of carbonyl (C=O) groups excluding carboxylic acids is 2. The molecule has 25 heavy (non-hydrogen) atoms. The highest BCUT2D eigenvalue weighted by atomic mass is 16.4. The van der Waals surface area contributed by atoms with Crippen LogP contribution in [0.2, 0.25) is 0 Å². The molecule has 2 saturated carbocycles. The zero-order chi connectivity index (χ0) is 18.0. The molecule has 6 nitrogen and oxygen atoms in total. The largest absolute Gasteiger partial charge is 0.481 e. The molecule has 0 bridgehead atoms. The highest BCUT2D eigenvalue weighted by molar-refractivity contribution is 5.90. The molecule has 0 aromatic heterocycles. The minimum absolute atomic E-state index is 0.0242. The van der Waals surface area contributed by atoms with Crippen LogP contribution in [0.4, 0.5) is 0 Å². The highest BCUT2D eigenvalue weighted by Crippen LogP contribution is 2.35. The number of likely N-dealkylation sites (tertiary alicyclic amines) is 1. The lowest BCUT2D eigenvalue weighted by molar-refractivity contribution is -0.139. The van der Waals surface area contributed by atoms with E-state index in [-0.39, 0.29) is 36.6 Å². The van der Waals surface area contributed by atoms with E-state index in [1.54, 1.807) is 0 Å². The van der Waals surface area contributed by atoms with E-state index in [2.05, 4.69) is 12.2 Å². The van der Waals surface area contributed by atoms with Crippen molar-refractivity contribution in [3.63, 3.8) is 0 Å². The zero-order valence-electron chi connectivity index (χ0n) is 15.1. The third-order valence-corrected chi connectivity index (χ3v) is 6.39. The molecule has 2 N–H and O–H groups in total. The zero-order valence-corrected chi connectivity index (χ0v) is 15.1. The predicted octanol–water partition coefficient (Wildman–Crippen LogP) is 2.32. The van der Waals surface area contributed by atoms with Crippen LogP contribution in [0.3, 0.4) is 0 Å². The summed E-state index contributed by atoms with van der Waals surface area (Å²) in [5.74, 6) is -0.534. The van der Waals surface area contributed by atoms with Gasteiger partial charge in [0.1, 0.15) is 0 Å².